The number of hydrogen-bond donors (Lipinski definition) is 1. The second-order valence-corrected chi connectivity index (χ2v) is 4.02. The summed E-state index contributed by atoms with van der Waals surface area (Å²) in [7, 11) is 0. The van der Waals surface area contributed by atoms with Gasteiger partial charge in [0.15, 0.2) is 0 Å². The Morgan fingerprint density at radius 2 is 2.08 bits per heavy atom. The van der Waals surface area contributed by atoms with Crippen molar-refractivity contribution in [2.75, 3.05) is 19.8 Å². The largest absolute Gasteiger partial charge is 0.385 e. The van der Waals surface area contributed by atoms with Crippen LogP contribution in [0, 0.1) is 0 Å². The number of aliphatic hydroxyl groups is 1. The molecular weight excluding hydrogens is 156 g/mol. The first-order valence-corrected chi connectivity index (χ1v) is 4.60. The lowest BCUT2D eigenvalue weighted by molar-refractivity contribution is -0.213. The molecule has 2 aliphatic rings. The zero-order chi connectivity index (χ0) is 8.66. The monoisotopic (exact) mass is 172 g/mol. The molecular formula is C9H16O3. The molecule has 0 saturated carbocycles. The fourth-order valence-corrected chi connectivity index (χ4v) is 2.23. The quantitative estimate of drug-likeness (QED) is 0.584. The molecule has 0 radical (unpaired) electrons. The Morgan fingerprint density at radius 1 is 1.25 bits per heavy atom. The van der Waals surface area contributed by atoms with E-state index in [1.807, 2.05) is 6.92 Å². The fraction of sp³-hybridized carbons (Fsp3) is 1.00. The van der Waals surface area contributed by atoms with Gasteiger partial charge in [-0.1, -0.05) is 0 Å². The molecule has 0 unspecified atom stereocenters. The Bertz CT molecular complexity index is 171. The van der Waals surface area contributed by atoms with Crippen molar-refractivity contribution in [2.45, 2.75) is 37.4 Å². The molecule has 2 atom stereocenters. The molecule has 0 aromatic carbocycles. The van der Waals surface area contributed by atoms with Crippen LogP contribution in [0.3, 0.4) is 0 Å². The maximum Gasteiger partial charge on any atom is 0.114 e. The topological polar surface area (TPSA) is 38.7 Å². The first-order valence-electron chi connectivity index (χ1n) is 4.60. The van der Waals surface area contributed by atoms with E-state index in [4.69, 9.17) is 9.47 Å². The van der Waals surface area contributed by atoms with Crippen LogP contribution in [0.5, 0.6) is 0 Å². The Kier molecular flexibility index (Phi) is 1.90. The van der Waals surface area contributed by atoms with E-state index in [0.29, 0.717) is 6.61 Å². The third kappa shape index (κ3) is 1.08. The molecule has 3 heteroatoms. The molecule has 2 rings (SSSR count). The van der Waals surface area contributed by atoms with Gasteiger partial charge in [0.25, 0.3) is 0 Å². The summed E-state index contributed by atoms with van der Waals surface area (Å²) in [5, 5.41) is 10.1. The van der Waals surface area contributed by atoms with E-state index in [-0.39, 0.29) is 5.60 Å². The van der Waals surface area contributed by atoms with Crippen molar-refractivity contribution >= 4 is 0 Å². The van der Waals surface area contributed by atoms with E-state index < -0.39 is 5.60 Å². The van der Waals surface area contributed by atoms with Crippen LogP contribution >= 0.6 is 0 Å². The van der Waals surface area contributed by atoms with Gasteiger partial charge in [-0.25, -0.2) is 0 Å². The van der Waals surface area contributed by atoms with Gasteiger partial charge < -0.3 is 14.6 Å². The number of rotatable bonds is 0. The highest BCUT2D eigenvalue weighted by atomic mass is 16.5. The van der Waals surface area contributed by atoms with E-state index >= 15 is 0 Å². The molecule has 12 heavy (non-hydrogen) atoms. The van der Waals surface area contributed by atoms with E-state index in [2.05, 4.69) is 0 Å². The fourth-order valence-electron chi connectivity index (χ4n) is 2.23. The molecule has 2 heterocycles. The van der Waals surface area contributed by atoms with Crippen molar-refractivity contribution in [3.63, 3.8) is 0 Å². The highest BCUT2D eigenvalue weighted by Crippen LogP contribution is 2.41. The third-order valence-electron chi connectivity index (χ3n) is 3.12. The molecule has 0 aliphatic carbocycles. The minimum Gasteiger partial charge on any atom is -0.385 e. The molecule has 0 aromatic heterocycles. The predicted octanol–water partition coefficient (Wildman–Crippen LogP) is 0.707. The van der Waals surface area contributed by atoms with E-state index in [1.165, 1.54) is 0 Å². The number of ether oxygens (including phenoxy) is 2. The van der Waals surface area contributed by atoms with Crippen LogP contribution in [0.1, 0.15) is 26.2 Å². The van der Waals surface area contributed by atoms with Crippen LogP contribution < -0.4 is 0 Å². The summed E-state index contributed by atoms with van der Waals surface area (Å²) in [6.45, 7) is 3.73. The smallest absolute Gasteiger partial charge is 0.114 e. The van der Waals surface area contributed by atoms with Gasteiger partial charge in [-0.15, -0.1) is 0 Å². The van der Waals surface area contributed by atoms with Gasteiger partial charge in [0, 0.05) is 19.6 Å². The van der Waals surface area contributed by atoms with Crippen molar-refractivity contribution in [1.29, 1.82) is 0 Å². The summed E-state index contributed by atoms with van der Waals surface area (Å²) < 4.78 is 10.9. The van der Waals surface area contributed by atoms with Gasteiger partial charge in [-0.2, -0.15) is 0 Å². The maximum absolute atomic E-state index is 10.1. The molecule has 1 spiro atoms. The van der Waals surface area contributed by atoms with Crippen molar-refractivity contribution in [2.24, 2.45) is 0 Å². The van der Waals surface area contributed by atoms with Crippen LogP contribution in [0.25, 0.3) is 0 Å². The van der Waals surface area contributed by atoms with Crippen molar-refractivity contribution in [3.05, 3.63) is 0 Å². The summed E-state index contributed by atoms with van der Waals surface area (Å²) in [5.74, 6) is 0. The van der Waals surface area contributed by atoms with Gasteiger partial charge >= 0.3 is 0 Å². The second-order valence-electron chi connectivity index (χ2n) is 4.02. The molecule has 70 valence electrons. The van der Waals surface area contributed by atoms with Crippen molar-refractivity contribution in [1.82, 2.24) is 0 Å². The molecule has 2 saturated heterocycles. The van der Waals surface area contributed by atoms with Gasteiger partial charge in [0.05, 0.1) is 6.61 Å². The first-order chi connectivity index (χ1) is 5.66. The minimum absolute atomic E-state index is 0.300. The Balaban J connectivity index is 2.19. The molecule has 0 aromatic rings. The lowest BCUT2D eigenvalue weighted by atomic mass is 9.78. The average Bonchev–Trinajstić information content (AvgIpc) is 2.46. The van der Waals surface area contributed by atoms with Crippen molar-refractivity contribution < 1.29 is 14.6 Å². The SMILES string of the molecule is C[C@@]1(O)COCC[C@@]12CCCO2. The zero-order valence-electron chi connectivity index (χ0n) is 7.51. The molecule has 1 N–H and O–H groups in total. The van der Waals surface area contributed by atoms with Gasteiger partial charge in [0.2, 0.25) is 0 Å². The Labute approximate surface area is 72.7 Å². The molecule has 0 amide bonds. The van der Waals surface area contributed by atoms with E-state index in [0.717, 1.165) is 32.5 Å². The third-order valence-corrected chi connectivity index (χ3v) is 3.12. The molecule has 0 bridgehead atoms. The highest BCUT2D eigenvalue weighted by molar-refractivity contribution is 5.02. The van der Waals surface area contributed by atoms with Crippen LogP contribution in [0.4, 0.5) is 0 Å². The van der Waals surface area contributed by atoms with E-state index in [9.17, 15) is 5.11 Å². The normalized spacial score (nSPS) is 48.5. The minimum atomic E-state index is -0.790. The van der Waals surface area contributed by atoms with Crippen LogP contribution in [-0.2, 0) is 9.47 Å². The Morgan fingerprint density at radius 3 is 2.67 bits per heavy atom. The summed E-state index contributed by atoms with van der Waals surface area (Å²) in [4.78, 5) is 0. The second kappa shape index (κ2) is 2.69. The lowest BCUT2D eigenvalue weighted by Crippen LogP contribution is -2.58. The van der Waals surface area contributed by atoms with Gasteiger partial charge in [-0.05, 0) is 19.8 Å². The first kappa shape index (κ1) is 8.48. The van der Waals surface area contributed by atoms with Crippen LogP contribution in [0.2, 0.25) is 0 Å². The van der Waals surface area contributed by atoms with Crippen LogP contribution in [-0.4, -0.2) is 36.1 Å². The molecule has 2 fully saturated rings. The molecule has 2 aliphatic heterocycles. The maximum atomic E-state index is 10.1. The Hall–Kier alpha value is -0.120. The predicted molar refractivity (Wildman–Crippen MR) is 44.0 cm³/mol. The van der Waals surface area contributed by atoms with Crippen LogP contribution in [0.15, 0.2) is 0 Å². The average molecular weight is 172 g/mol. The van der Waals surface area contributed by atoms with Gasteiger partial charge in [0.1, 0.15) is 11.2 Å². The summed E-state index contributed by atoms with van der Waals surface area (Å²) in [5.41, 5.74) is -1.09. The number of hydrogen-bond acceptors (Lipinski definition) is 3. The standard InChI is InChI=1S/C9H16O3/c1-8(10)7-11-6-4-9(8)3-2-5-12-9/h10H,2-7H2,1H3/t8-,9+/m1/s1. The summed E-state index contributed by atoms with van der Waals surface area (Å²) in [6, 6.07) is 0. The summed E-state index contributed by atoms with van der Waals surface area (Å²) >= 11 is 0. The highest BCUT2D eigenvalue weighted by Gasteiger charge is 2.52. The zero-order valence-corrected chi connectivity index (χ0v) is 7.51. The van der Waals surface area contributed by atoms with E-state index in [1.54, 1.807) is 0 Å². The van der Waals surface area contributed by atoms with Crippen molar-refractivity contribution in [3.8, 4) is 0 Å². The molecule has 3 nitrogen and oxygen atoms in total. The lowest BCUT2D eigenvalue weighted by Gasteiger charge is -2.45. The summed E-state index contributed by atoms with van der Waals surface area (Å²) in [6.07, 6.45) is 2.87. The van der Waals surface area contributed by atoms with Gasteiger partial charge in [-0.3, -0.25) is 0 Å².